The van der Waals surface area contributed by atoms with Crippen LogP contribution in [0.3, 0.4) is 0 Å². The Kier molecular flexibility index (Phi) is 21.7. The van der Waals surface area contributed by atoms with Crippen LogP contribution in [0.25, 0.3) is 0 Å². The van der Waals surface area contributed by atoms with Crippen molar-refractivity contribution in [1.82, 2.24) is 5.48 Å². The molecule has 0 aromatic rings. The average molecular weight is 361 g/mol. The van der Waals surface area contributed by atoms with Gasteiger partial charge in [0, 0.05) is 19.8 Å². The second kappa shape index (κ2) is 21.8. The number of unbranched alkanes of at least 4 members (excludes halogenated alkanes) is 7. The normalized spacial score (nSPS) is 12.6. The number of hydrogen-bond acceptors (Lipinski definition) is 5. The summed E-state index contributed by atoms with van der Waals surface area (Å²) in [6.07, 6.45) is 13.6. The van der Waals surface area contributed by atoms with Gasteiger partial charge < -0.3 is 20.0 Å². The Balaban J connectivity index is 3.51. The van der Waals surface area contributed by atoms with Crippen LogP contribution in [0.15, 0.2) is 0 Å². The van der Waals surface area contributed by atoms with E-state index in [1.807, 2.05) is 0 Å². The van der Waals surface area contributed by atoms with Gasteiger partial charge in [0.1, 0.15) is 0 Å². The summed E-state index contributed by atoms with van der Waals surface area (Å²) in [5, 5.41) is 0. The molecule has 0 bridgehead atoms. The number of rotatable bonds is 21. The molecule has 0 heterocycles. The summed E-state index contributed by atoms with van der Waals surface area (Å²) in [5.74, 6) is 0. The topological polar surface area (TPSA) is 65.7 Å². The van der Waals surface area contributed by atoms with E-state index in [9.17, 15) is 0 Å². The first-order valence-electron chi connectivity index (χ1n) is 10.6. The lowest BCUT2D eigenvalue weighted by Gasteiger charge is -2.18. The summed E-state index contributed by atoms with van der Waals surface area (Å²) in [7, 11) is 0. The molecule has 0 aromatic carbocycles. The van der Waals surface area contributed by atoms with Crippen molar-refractivity contribution in [2.45, 2.75) is 97.2 Å². The average Bonchev–Trinajstić information content (AvgIpc) is 2.62. The molecule has 1 unspecified atom stereocenters. The fraction of sp³-hybridized carbons (Fsp3) is 1.00. The molecule has 0 amide bonds. The summed E-state index contributed by atoms with van der Waals surface area (Å²) in [6.45, 7) is 8.45. The molecule has 0 radical (unpaired) electrons. The Morgan fingerprint density at radius 1 is 0.720 bits per heavy atom. The minimum atomic E-state index is -0.0320. The van der Waals surface area contributed by atoms with Crippen molar-refractivity contribution in [3.05, 3.63) is 0 Å². The molecule has 0 saturated heterocycles. The number of ether oxygens (including phenoxy) is 2. The van der Waals surface area contributed by atoms with E-state index in [4.69, 9.17) is 20.0 Å². The smallest absolute Gasteiger partial charge is 0.157 e. The van der Waals surface area contributed by atoms with Gasteiger partial charge in [-0.1, -0.05) is 46.0 Å². The first kappa shape index (κ1) is 24.8. The fourth-order valence-corrected chi connectivity index (χ4v) is 2.47. The van der Waals surface area contributed by atoms with Crippen molar-refractivity contribution in [3.63, 3.8) is 0 Å². The largest absolute Gasteiger partial charge is 0.353 e. The van der Waals surface area contributed by atoms with Crippen molar-refractivity contribution >= 4 is 0 Å². The van der Waals surface area contributed by atoms with Gasteiger partial charge in [-0.3, -0.25) is 0 Å². The zero-order chi connectivity index (χ0) is 18.4. The monoisotopic (exact) mass is 360 g/mol. The zero-order valence-electron chi connectivity index (χ0n) is 16.9. The highest BCUT2D eigenvalue weighted by atomic mass is 16.7. The highest BCUT2D eigenvalue weighted by Gasteiger charge is 2.08. The summed E-state index contributed by atoms with van der Waals surface area (Å²) >= 11 is 0. The molecule has 152 valence electrons. The molecular formula is C20H44N2O3. The van der Waals surface area contributed by atoms with Crippen LogP contribution >= 0.6 is 0 Å². The van der Waals surface area contributed by atoms with Gasteiger partial charge in [-0.2, -0.15) is 0 Å². The molecule has 0 aliphatic heterocycles. The highest BCUT2D eigenvalue weighted by molar-refractivity contribution is 4.50. The Morgan fingerprint density at radius 3 is 2.00 bits per heavy atom. The molecule has 0 aromatic heterocycles. The third-order valence-corrected chi connectivity index (χ3v) is 4.12. The van der Waals surface area contributed by atoms with Gasteiger partial charge in [0.25, 0.3) is 0 Å². The van der Waals surface area contributed by atoms with Gasteiger partial charge in [-0.25, -0.2) is 5.48 Å². The Labute approximate surface area is 156 Å². The molecule has 5 heteroatoms. The van der Waals surface area contributed by atoms with Gasteiger partial charge in [0.15, 0.2) is 6.29 Å². The van der Waals surface area contributed by atoms with Crippen molar-refractivity contribution < 1.29 is 14.3 Å². The van der Waals surface area contributed by atoms with Crippen molar-refractivity contribution in [1.29, 1.82) is 0 Å². The van der Waals surface area contributed by atoms with E-state index >= 15 is 0 Å². The Morgan fingerprint density at radius 2 is 1.36 bits per heavy atom. The minimum Gasteiger partial charge on any atom is -0.353 e. The van der Waals surface area contributed by atoms with Gasteiger partial charge in [-0.05, 0) is 51.5 Å². The predicted octanol–water partition coefficient (Wildman–Crippen LogP) is 4.55. The molecular weight excluding hydrogens is 316 g/mol. The first-order chi connectivity index (χ1) is 12.3. The third-order valence-electron chi connectivity index (χ3n) is 4.12. The lowest BCUT2D eigenvalue weighted by Crippen LogP contribution is -2.19. The summed E-state index contributed by atoms with van der Waals surface area (Å²) < 4.78 is 11.8. The van der Waals surface area contributed by atoms with Crippen LogP contribution in [0.2, 0.25) is 0 Å². The van der Waals surface area contributed by atoms with Gasteiger partial charge in [-0.15, -0.1) is 0 Å². The van der Waals surface area contributed by atoms with Gasteiger partial charge in [0.05, 0.1) is 6.61 Å². The van der Waals surface area contributed by atoms with Gasteiger partial charge in [0.2, 0.25) is 0 Å². The molecule has 0 fully saturated rings. The van der Waals surface area contributed by atoms with E-state index in [1.165, 1.54) is 44.9 Å². The molecule has 0 aliphatic carbocycles. The second-order valence-electron chi connectivity index (χ2n) is 6.67. The SMILES string of the molecule is CCCCCC(OCCCCN)OCCCCCCONCCCC. The third kappa shape index (κ3) is 20.0. The van der Waals surface area contributed by atoms with E-state index in [2.05, 4.69) is 19.3 Å². The van der Waals surface area contributed by atoms with E-state index in [-0.39, 0.29) is 6.29 Å². The number of nitrogens with one attached hydrogen (secondary N) is 1. The number of nitrogens with two attached hydrogens (primary N) is 1. The number of hydroxylamine groups is 1. The standard InChI is InChI=1S/C20H44N2O3/c1-3-5-9-14-20(24-18-13-10-15-21)23-17-11-7-8-12-19-25-22-16-6-4-2/h20,22H,3-19,21H2,1-2H3. The van der Waals surface area contributed by atoms with Crippen molar-refractivity contribution in [2.75, 3.05) is 32.9 Å². The molecule has 0 saturated carbocycles. The van der Waals surface area contributed by atoms with Crippen molar-refractivity contribution in [2.24, 2.45) is 5.73 Å². The minimum absolute atomic E-state index is 0.0320. The fourth-order valence-electron chi connectivity index (χ4n) is 2.47. The van der Waals surface area contributed by atoms with E-state index < -0.39 is 0 Å². The van der Waals surface area contributed by atoms with Crippen LogP contribution < -0.4 is 11.2 Å². The van der Waals surface area contributed by atoms with Crippen LogP contribution in [0.5, 0.6) is 0 Å². The van der Waals surface area contributed by atoms with E-state index in [0.717, 1.165) is 65.0 Å². The summed E-state index contributed by atoms with van der Waals surface area (Å²) in [5.41, 5.74) is 8.53. The highest BCUT2D eigenvalue weighted by Crippen LogP contribution is 2.11. The molecule has 3 N–H and O–H groups in total. The molecule has 0 rings (SSSR count). The lowest BCUT2D eigenvalue weighted by molar-refractivity contribution is -0.147. The molecule has 25 heavy (non-hydrogen) atoms. The summed E-state index contributed by atoms with van der Waals surface area (Å²) in [6, 6.07) is 0. The maximum absolute atomic E-state index is 5.94. The van der Waals surface area contributed by atoms with E-state index in [1.54, 1.807) is 0 Å². The molecule has 5 nitrogen and oxygen atoms in total. The molecule has 0 spiro atoms. The maximum Gasteiger partial charge on any atom is 0.157 e. The van der Waals surface area contributed by atoms with Crippen LogP contribution in [-0.2, 0) is 14.3 Å². The van der Waals surface area contributed by atoms with Crippen LogP contribution in [0, 0.1) is 0 Å². The molecule has 1 atom stereocenters. The van der Waals surface area contributed by atoms with Crippen LogP contribution in [-0.4, -0.2) is 39.2 Å². The van der Waals surface area contributed by atoms with Crippen LogP contribution in [0.4, 0.5) is 0 Å². The van der Waals surface area contributed by atoms with Crippen molar-refractivity contribution in [3.8, 4) is 0 Å². The maximum atomic E-state index is 5.94. The first-order valence-corrected chi connectivity index (χ1v) is 10.6. The zero-order valence-corrected chi connectivity index (χ0v) is 16.9. The quantitative estimate of drug-likeness (QED) is 0.179. The van der Waals surface area contributed by atoms with Gasteiger partial charge >= 0.3 is 0 Å². The van der Waals surface area contributed by atoms with Crippen LogP contribution in [0.1, 0.15) is 90.9 Å². The molecule has 0 aliphatic rings. The summed E-state index contributed by atoms with van der Waals surface area (Å²) in [4.78, 5) is 5.39. The lowest BCUT2D eigenvalue weighted by atomic mass is 10.2. The second-order valence-corrected chi connectivity index (χ2v) is 6.67. The van der Waals surface area contributed by atoms with E-state index in [0.29, 0.717) is 0 Å². The number of hydrogen-bond donors (Lipinski definition) is 2. The Bertz CT molecular complexity index is 243. The Hall–Kier alpha value is -0.200. The predicted molar refractivity (Wildman–Crippen MR) is 105 cm³/mol.